The molecule has 2 nitrogen and oxygen atoms in total. The zero-order valence-corrected chi connectivity index (χ0v) is 11.6. The summed E-state index contributed by atoms with van der Waals surface area (Å²) in [4.78, 5) is 0. The van der Waals surface area contributed by atoms with Crippen molar-refractivity contribution in [2.45, 2.75) is 6.92 Å². The second kappa shape index (κ2) is 4.77. The molecule has 0 saturated carbocycles. The van der Waals surface area contributed by atoms with Crippen LogP contribution in [0.15, 0.2) is 25.6 Å². The zero-order valence-electron chi connectivity index (χ0n) is 6.85. The number of halogens is 3. The number of hydroxylamine groups is 1. The fourth-order valence-corrected chi connectivity index (χ4v) is 3.59. The molecule has 1 rings (SSSR count). The molecule has 71 valence electrons. The van der Waals surface area contributed by atoms with E-state index in [-0.39, 0.29) is 0 Å². The van der Waals surface area contributed by atoms with Gasteiger partial charge in [0.1, 0.15) is 0 Å². The van der Waals surface area contributed by atoms with Gasteiger partial charge in [0, 0.05) is 20.0 Å². The van der Waals surface area contributed by atoms with E-state index in [1.165, 1.54) is 0 Å². The van der Waals surface area contributed by atoms with Crippen LogP contribution < -0.4 is 5.06 Å². The summed E-state index contributed by atoms with van der Waals surface area (Å²) >= 11 is 10.0. The van der Waals surface area contributed by atoms with E-state index in [1.807, 2.05) is 19.1 Å². The lowest BCUT2D eigenvalue weighted by Crippen LogP contribution is -2.15. The highest BCUT2D eigenvalue weighted by Gasteiger charge is 2.12. The van der Waals surface area contributed by atoms with Gasteiger partial charge in [-0.25, -0.2) is 5.06 Å². The minimum Gasteiger partial charge on any atom is -0.218 e. The Morgan fingerprint density at radius 1 is 1.23 bits per heavy atom. The summed E-state index contributed by atoms with van der Waals surface area (Å²) < 4.78 is 2.50. The third kappa shape index (κ3) is 2.68. The van der Waals surface area contributed by atoms with Crippen molar-refractivity contribution in [3.63, 3.8) is 0 Å². The van der Waals surface area contributed by atoms with Crippen molar-refractivity contribution in [3.8, 4) is 0 Å². The smallest absolute Gasteiger partial charge is 0.0952 e. The predicted octanol–water partition coefficient (Wildman–Crippen LogP) is 4.15. The van der Waals surface area contributed by atoms with Crippen molar-refractivity contribution < 1.29 is 5.21 Å². The Morgan fingerprint density at radius 2 is 1.69 bits per heavy atom. The van der Waals surface area contributed by atoms with Crippen molar-refractivity contribution >= 4 is 53.5 Å². The molecule has 0 bridgehead atoms. The summed E-state index contributed by atoms with van der Waals surface area (Å²) in [5.41, 5.74) is 0.630. The number of hydrogen-bond donors (Lipinski definition) is 0. The normalized spacial score (nSPS) is 10.2. The lowest BCUT2D eigenvalue weighted by molar-refractivity contribution is 0.161. The first-order valence-corrected chi connectivity index (χ1v) is 6.03. The van der Waals surface area contributed by atoms with Crippen LogP contribution in [0.25, 0.3) is 0 Å². The van der Waals surface area contributed by atoms with E-state index in [4.69, 9.17) is 0 Å². The molecule has 0 aliphatic rings. The highest BCUT2D eigenvalue weighted by molar-refractivity contribution is 9.11. The molecule has 0 saturated heterocycles. The average Bonchev–Trinajstić information content (AvgIpc) is 2.02. The van der Waals surface area contributed by atoms with Crippen LogP contribution in [0.5, 0.6) is 0 Å². The SMILES string of the molecule is CCN([O])c1c(Br)cc(Br)cc1Br. The minimum atomic E-state index is 0.429. The lowest BCUT2D eigenvalue weighted by Gasteiger charge is -2.15. The molecule has 0 atom stereocenters. The van der Waals surface area contributed by atoms with E-state index in [1.54, 1.807) is 0 Å². The van der Waals surface area contributed by atoms with Crippen LogP contribution in [0.2, 0.25) is 0 Å². The Hall–Kier alpha value is 0.420. The molecule has 0 aromatic heterocycles. The van der Waals surface area contributed by atoms with Crippen LogP contribution >= 0.6 is 47.8 Å². The molecule has 1 aromatic rings. The number of benzene rings is 1. The summed E-state index contributed by atoms with van der Waals surface area (Å²) in [6, 6.07) is 3.70. The van der Waals surface area contributed by atoms with E-state index in [2.05, 4.69) is 47.8 Å². The third-order valence-electron chi connectivity index (χ3n) is 1.52. The second-order valence-corrected chi connectivity index (χ2v) is 5.04. The molecular formula is C8H7Br3NO. The first-order valence-electron chi connectivity index (χ1n) is 3.65. The van der Waals surface area contributed by atoms with Crippen molar-refractivity contribution in [2.24, 2.45) is 0 Å². The molecule has 13 heavy (non-hydrogen) atoms. The van der Waals surface area contributed by atoms with Crippen LogP contribution in [-0.4, -0.2) is 6.54 Å². The van der Waals surface area contributed by atoms with Crippen LogP contribution in [-0.2, 0) is 5.21 Å². The van der Waals surface area contributed by atoms with Crippen LogP contribution in [0, 0.1) is 0 Å². The first kappa shape index (κ1) is 11.5. The van der Waals surface area contributed by atoms with Gasteiger partial charge in [0.05, 0.1) is 5.69 Å². The minimum absolute atomic E-state index is 0.429. The highest BCUT2D eigenvalue weighted by atomic mass is 79.9. The van der Waals surface area contributed by atoms with Gasteiger partial charge in [-0.15, -0.1) is 0 Å². The Morgan fingerprint density at radius 3 is 2.08 bits per heavy atom. The standard InChI is InChI=1S/C8H7Br3NO/c1-2-12(13)8-6(10)3-5(9)4-7(8)11/h3-4H,2H2,1H3. The first-order chi connectivity index (χ1) is 6.06. The topological polar surface area (TPSA) is 23.1 Å². The molecule has 0 aliphatic heterocycles. The van der Waals surface area contributed by atoms with Gasteiger partial charge in [-0.1, -0.05) is 21.1 Å². The second-order valence-electron chi connectivity index (χ2n) is 2.41. The molecule has 0 unspecified atom stereocenters. The van der Waals surface area contributed by atoms with Crippen LogP contribution in [0.4, 0.5) is 5.69 Å². The van der Waals surface area contributed by atoms with E-state index in [9.17, 15) is 5.21 Å². The van der Waals surface area contributed by atoms with Gasteiger partial charge < -0.3 is 0 Å². The average molecular weight is 373 g/mol. The monoisotopic (exact) mass is 370 g/mol. The molecule has 1 radical (unpaired) electrons. The van der Waals surface area contributed by atoms with Gasteiger partial charge in [-0.2, -0.15) is 0 Å². The van der Waals surface area contributed by atoms with Crippen LogP contribution in [0.1, 0.15) is 6.92 Å². The summed E-state index contributed by atoms with van der Waals surface area (Å²) in [6.45, 7) is 2.24. The maximum Gasteiger partial charge on any atom is 0.0952 e. The number of anilines is 1. The van der Waals surface area contributed by atoms with Crippen molar-refractivity contribution in [1.29, 1.82) is 0 Å². The van der Waals surface area contributed by atoms with Crippen molar-refractivity contribution in [3.05, 3.63) is 25.6 Å². The largest absolute Gasteiger partial charge is 0.218 e. The number of hydrogen-bond acceptors (Lipinski definition) is 1. The van der Waals surface area contributed by atoms with Crippen LogP contribution in [0.3, 0.4) is 0 Å². The van der Waals surface area contributed by atoms with Gasteiger partial charge in [0.2, 0.25) is 0 Å². The summed E-state index contributed by atoms with van der Waals surface area (Å²) in [7, 11) is 0. The Labute approximate surface area is 102 Å². The molecule has 1 aromatic carbocycles. The molecule has 0 heterocycles. The fraction of sp³-hybridized carbons (Fsp3) is 0.250. The molecule has 0 aliphatic carbocycles. The Balaban J connectivity index is 3.20. The third-order valence-corrected chi connectivity index (χ3v) is 3.19. The summed E-state index contributed by atoms with van der Waals surface area (Å²) in [6.07, 6.45) is 0. The number of nitrogens with zero attached hydrogens (tertiary/aromatic N) is 1. The lowest BCUT2D eigenvalue weighted by atomic mass is 10.3. The Bertz CT molecular complexity index is 293. The van der Waals surface area contributed by atoms with Crippen molar-refractivity contribution in [1.82, 2.24) is 0 Å². The molecule has 0 N–H and O–H groups in total. The number of rotatable bonds is 2. The molecule has 0 amide bonds. The van der Waals surface area contributed by atoms with E-state index >= 15 is 0 Å². The maximum atomic E-state index is 11.4. The predicted molar refractivity (Wildman–Crippen MR) is 63.2 cm³/mol. The zero-order chi connectivity index (χ0) is 10.0. The van der Waals surface area contributed by atoms with Gasteiger partial charge in [-0.3, -0.25) is 0 Å². The van der Waals surface area contributed by atoms with E-state index < -0.39 is 0 Å². The summed E-state index contributed by atoms with van der Waals surface area (Å²) in [5.74, 6) is 0. The van der Waals surface area contributed by atoms with E-state index in [0.29, 0.717) is 12.2 Å². The molecule has 0 spiro atoms. The fourth-order valence-electron chi connectivity index (χ4n) is 0.931. The van der Waals surface area contributed by atoms with Gasteiger partial charge >= 0.3 is 0 Å². The molecule has 5 heteroatoms. The molecular weight excluding hydrogens is 366 g/mol. The van der Waals surface area contributed by atoms with Crippen molar-refractivity contribution in [2.75, 3.05) is 11.6 Å². The maximum absolute atomic E-state index is 11.4. The van der Waals surface area contributed by atoms with Gasteiger partial charge in [0.25, 0.3) is 0 Å². The quantitative estimate of drug-likeness (QED) is 0.715. The summed E-state index contributed by atoms with van der Waals surface area (Å²) in [5, 5.41) is 12.3. The van der Waals surface area contributed by atoms with E-state index in [0.717, 1.165) is 18.5 Å². The highest BCUT2D eigenvalue weighted by Crippen LogP contribution is 2.36. The Kier molecular flexibility index (Phi) is 4.22. The molecule has 0 fully saturated rings. The van der Waals surface area contributed by atoms with Gasteiger partial charge in [0.15, 0.2) is 0 Å². The van der Waals surface area contributed by atoms with Gasteiger partial charge in [-0.05, 0) is 50.9 Å².